The molecule has 2 heterocycles. The van der Waals surface area contributed by atoms with Crippen LogP contribution < -0.4 is 5.32 Å². The number of rotatable bonds is 3. The second kappa shape index (κ2) is 4.15. The highest BCUT2D eigenvalue weighted by atomic mass is 15.1. The van der Waals surface area contributed by atoms with Gasteiger partial charge in [-0.3, -0.25) is 0 Å². The van der Waals surface area contributed by atoms with Gasteiger partial charge in [-0.25, -0.2) is 0 Å². The van der Waals surface area contributed by atoms with Crippen molar-refractivity contribution >= 4 is 0 Å². The van der Waals surface area contributed by atoms with Gasteiger partial charge in [0.1, 0.15) is 0 Å². The summed E-state index contributed by atoms with van der Waals surface area (Å²) in [6, 6.07) is 2.27. The molecule has 3 nitrogen and oxygen atoms in total. The van der Waals surface area contributed by atoms with E-state index in [9.17, 15) is 0 Å². The van der Waals surface area contributed by atoms with Crippen LogP contribution in [-0.2, 0) is 19.5 Å². The topological polar surface area (TPSA) is 20.2 Å². The van der Waals surface area contributed by atoms with Crippen LogP contribution in [0.1, 0.15) is 11.3 Å². The first-order valence-corrected chi connectivity index (χ1v) is 5.29. The highest BCUT2D eigenvalue weighted by Gasteiger charge is 2.12. The van der Waals surface area contributed by atoms with Crippen molar-refractivity contribution in [2.24, 2.45) is 0 Å². The lowest BCUT2D eigenvalue weighted by atomic mass is 10.1. The molecule has 0 saturated heterocycles. The third-order valence-corrected chi connectivity index (χ3v) is 2.82. The Balaban J connectivity index is 2.06. The van der Waals surface area contributed by atoms with Gasteiger partial charge in [-0.1, -0.05) is 0 Å². The van der Waals surface area contributed by atoms with Crippen LogP contribution in [0.3, 0.4) is 0 Å². The Morgan fingerprint density at radius 1 is 1.50 bits per heavy atom. The molecule has 2 rings (SSSR count). The second-order valence-electron chi connectivity index (χ2n) is 4.21. The molecule has 0 radical (unpaired) electrons. The molecule has 0 fully saturated rings. The van der Waals surface area contributed by atoms with Gasteiger partial charge < -0.3 is 14.8 Å². The molecule has 0 aliphatic carbocycles. The number of hydrogen-bond donors (Lipinski definition) is 1. The first-order valence-electron chi connectivity index (χ1n) is 5.29. The molecule has 1 aromatic rings. The van der Waals surface area contributed by atoms with Crippen molar-refractivity contribution in [2.75, 3.05) is 27.2 Å². The van der Waals surface area contributed by atoms with Crippen molar-refractivity contribution < 1.29 is 0 Å². The van der Waals surface area contributed by atoms with Crippen molar-refractivity contribution in [2.45, 2.75) is 19.5 Å². The third-order valence-electron chi connectivity index (χ3n) is 2.82. The minimum Gasteiger partial charge on any atom is -0.349 e. The fourth-order valence-electron chi connectivity index (χ4n) is 1.95. The van der Waals surface area contributed by atoms with E-state index in [1.165, 1.54) is 11.3 Å². The molecule has 0 bridgehead atoms. The van der Waals surface area contributed by atoms with Crippen molar-refractivity contribution in [1.82, 2.24) is 14.8 Å². The third kappa shape index (κ3) is 1.99. The minimum absolute atomic E-state index is 1.04. The van der Waals surface area contributed by atoms with Crippen molar-refractivity contribution in [3.05, 3.63) is 23.5 Å². The number of fused-ring (bicyclic) bond motifs is 1. The van der Waals surface area contributed by atoms with E-state index in [0.29, 0.717) is 0 Å². The summed E-state index contributed by atoms with van der Waals surface area (Å²) in [5, 5.41) is 3.42. The van der Waals surface area contributed by atoms with E-state index >= 15 is 0 Å². The van der Waals surface area contributed by atoms with Crippen molar-refractivity contribution in [3.63, 3.8) is 0 Å². The maximum Gasteiger partial charge on any atom is 0.0362 e. The molecule has 0 saturated carbocycles. The fraction of sp³-hybridized carbons (Fsp3) is 0.636. The molecule has 1 aliphatic rings. The van der Waals surface area contributed by atoms with Crippen LogP contribution >= 0.6 is 0 Å². The Labute approximate surface area is 85.7 Å². The van der Waals surface area contributed by atoms with Crippen LogP contribution in [0.2, 0.25) is 0 Å². The van der Waals surface area contributed by atoms with Crippen LogP contribution in [0.15, 0.2) is 12.3 Å². The highest BCUT2D eigenvalue weighted by molar-refractivity contribution is 5.23. The predicted octanol–water partition coefficient (Wildman–Crippen LogP) is 0.695. The average Bonchev–Trinajstić information content (AvgIpc) is 2.58. The van der Waals surface area contributed by atoms with Gasteiger partial charge in [0.05, 0.1) is 0 Å². The Hall–Kier alpha value is -0.800. The van der Waals surface area contributed by atoms with Crippen molar-refractivity contribution in [3.8, 4) is 0 Å². The van der Waals surface area contributed by atoms with Crippen LogP contribution in [0.5, 0.6) is 0 Å². The number of aromatic nitrogens is 1. The summed E-state index contributed by atoms with van der Waals surface area (Å²) in [5.41, 5.74) is 2.99. The SMILES string of the molecule is CN(C)CCc1ccn2c1CNCC2. The van der Waals surface area contributed by atoms with E-state index in [2.05, 4.69) is 41.1 Å². The Morgan fingerprint density at radius 3 is 3.14 bits per heavy atom. The lowest BCUT2D eigenvalue weighted by molar-refractivity contribution is 0.411. The Bertz CT molecular complexity index is 301. The lowest BCUT2D eigenvalue weighted by Crippen LogP contribution is -2.28. The molecule has 1 aromatic heterocycles. The largest absolute Gasteiger partial charge is 0.349 e. The summed E-state index contributed by atoms with van der Waals surface area (Å²) >= 11 is 0. The first-order chi connectivity index (χ1) is 6.77. The number of nitrogens with one attached hydrogen (secondary N) is 1. The molecular weight excluding hydrogens is 174 g/mol. The summed E-state index contributed by atoms with van der Waals surface area (Å²) in [4.78, 5) is 2.24. The van der Waals surface area contributed by atoms with E-state index in [1.54, 1.807) is 0 Å². The number of nitrogens with zero attached hydrogens (tertiary/aromatic N) is 2. The van der Waals surface area contributed by atoms with Crippen molar-refractivity contribution in [1.29, 1.82) is 0 Å². The highest BCUT2D eigenvalue weighted by Crippen LogP contribution is 2.14. The molecule has 3 heteroatoms. The minimum atomic E-state index is 1.04. The quantitative estimate of drug-likeness (QED) is 0.762. The molecule has 0 amide bonds. The zero-order valence-corrected chi connectivity index (χ0v) is 9.08. The van der Waals surface area contributed by atoms with E-state index < -0.39 is 0 Å². The number of hydrogen-bond acceptors (Lipinski definition) is 2. The smallest absolute Gasteiger partial charge is 0.0362 e. The first kappa shape index (κ1) is 9.74. The zero-order valence-electron chi connectivity index (χ0n) is 9.08. The molecule has 1 N–H and O–H groups in total. The standard InChI is InChI=1S/C11H19N3/c1-13(2)6-3-10-4-7-14-8-5-12-9-11(10)14/h4,7,12H,3,5-6,8-9H2,1-2H3. The van der Waals surface area contributed by atoms with Gasteiger partial charge in [0, 0.05) is 38.1 Å². The number of likely N-dealkylation sites (N-methyl/N-ethyl adjacent to an activating group) is 1. The van der Waals surface area contributed by atoms with E-state index in [4.69, 9.17) is 0 Å². The van der Waals surface area contributed by atoms with Gasteiger partial charge >= 0.3 is 0 Å². The molecular formula is C11H19N3. The monoisotopic (exact) mass is 193 g/mol. The van der Waals surface area contributed by atoms with E-state index in [-0.39, 0.29) is 0 Å². The average molecular weight is 193 g/mol. The Morgan fingerprint density at radius 2 is 2.36 bits per heavy atom. The van der Waals surface area contributed by atoms with Gasteiger partial charge in [-0.2, -0.15) is 0 Å². The van der Waals surface area contributed by atoms with E-state index in [1.807, 2.05) is 0 Å². The van der Waals surface area contributed by atoms with Gasteiger partial charge in [-0.15, -0.1) is 0 Å². The maximum atomic E-state index is 3.42. The van der Waals surface area contributed by atoms with Gasteiger partial charge in [0.15, 0.2) is 0 Å². The molecule has 0 aromatic carbocycles. The van der Waals surface area contributed by atoms with Crippen LogP contribution in [0, 0.1) is 0 Å². The van der Waals surface area contributed by atoms with Crippen LogP contribution in [0.4, 0.5) is 0 Å². The van der Waals surface area contributed by atoms with Crippen LogP contribution in [-0.4, -0.2) is 36.7 Å². The predicted molar refractivity (Wildman–Crippen MR) is 58.4 cm³/mol. The molecule has 14 heavy (non-hydrogen) atoms. The molecule has 0 spiro atoms. The summed E-state index contributed by atoms with van der Waals surface area (Å²) in [6.45, 7) is 4.40. The second-order valence-corrected chi connectivity index (χ2v) is 4.21. The lowest BCUT2D eigenvalue weighted by Gasteiger charge is -2.18. The normalized spacial score (nSPS) is 15.9. The summed E-state index contributed by atoms with van der Waals surface area (Å²) in [7, 11) is 4.25. The van der Waals surface area contributed by atoms with Crippen LogP contribution in [0.25, 0.3) is 0 Å². The Kier molecular flexibility index (Phi) is 2.89. The summed E-state index contributed by atoms with van der Waals surface area (Å²) in [5.74, 6) is 0. The fourth-order valence-corrected chi connectivity index (χ4v) is 1.95. The van der Waals surface area contributed by atoms with Gasteiger partial charge in [-0.05, 0) is 32.1 Å². The molecule has 0 unspecified atom stereocenters. The molecule has 1 aliphatic heterocycles. The molecule has 0 atom stereocenters. The summed E-state index contributed by atoms with van der Waals surface area (Å²) in [6.07, 6.45) is 3.39. The molecule has 78 valence electrons. The van der Waals surface area contributed by atoms with E-state index in [0.717, 1.165) is 32.6 Å². The van der Waals surface area contributed by atoms with Gasteiger partial charge in [0.2, 0.25) is 0 Å². The maximum absolute atomic E-state index is 3.42. The zero-order chi connectivity index (χ0) is 9.97. The summed E-state index contributed by atoms with van der Waals surface area (Å²) < 4.78 is 2.38. The van der Waals surface area contributed by atoms with Gasteiger partial charge in [0.25, 0.3) is 0 Å².